The third kappa shape index (κ3) is 6.22. The zero-order chi connectivity index (χ0) is 14.1. The standard InChI is InChI=1S/C17H29NO/c1-5-18-12-16(10-11-19-13-14(2)3)17-9-7-6-8-15(17)4/h6-9,14,16,18H,5,10-13H2,1-4H3. The average molecular weight is 263 g/mol. The number of benzene rings is 1. The topological polar surface area (TPSA) is 21.3 Å². The highest BCUT2D eigenvalue weighted by Gasteiger charge is 2.13. The van der Waals surface area contributed by atoms with Crippen LogP contribution in [0.4, 0.5) is 0 Å². The molecule has 0 amide bonds. The normalized spacial score (nSPS) is 12.9. The van der Waals surface area contributed by atoms with Crippen LogP contribution in [0, 0.1) is 12.8 Å². The molecule has 1 N–H and O–H groups in total. The Bertz CT molecular complexity index is 349. The maximum Gasteiger partial charge on any atom is 0.0488 e. The summed E-state index contributed by atoms with van der Waals surface area (Å²) in [6.45, 7) is 12.5. The molecule has 0 saturated heterocycles. The van der Waals surface area contributed by atoms with E-state index < -0.39 is 0 Å². The van der Waals surface area contributed by atoms with Crippen LogP contribution >= 0.6 is 0 Å². The van der Waals surface area contributed by atoms with Crippen molar-refractivity contribution in [3.05, 3.63) is 35.4 Å². The van der Waals surface area contributed by atoms with E-state index in [1.807, 2.05) is 0 Å². The molecule has 0 heterocycles. The van der Waals surface area contributed by atoms with Gasteiger partial charge in [-0.2, -0.15) is 0 Å². The highest BCUT2D eigenvalue weighted by molar-refractivity contribution is 5.29. The second-order valence-electron chi connectivity index (χ2n) is 5.62. The van der Waals surface area contributed by atoms with Crippen molar-refractivity contribution in [3.63, 3.8) is 0 Å². The lowest BCUT2D eigenvalue weighted by Gasteiger charge is -2.20. The van der Waals surface area contributed by atoms with Gasteiger partial charge in [-0.3, -0.25) is 0 Å². The summed E-state index contributed by atoms with van der Waals surface area (Å²) >= 11 is 0. The average Bonchev–Trinajstić information content (AvgIpc) is 2.39. The van der Waals surface area contributed by atoms with Crippen molar-refractivity contribution in [2.75, 3.05) is 26.3 Å². The summed E-state index contributed by atoms with van der Waals surface area (Å²) in [5, 5.41) is 3.47. The Morgan fingerprint density at radius 2 is 1.95 bits per heavy atom. The summed E-state index contributed by atoms with van der Waals surface area (Å²) in [7, 11) is 0. The molecule has 0 bridgehead atoms. The summed E-state index contributed by atoms with van der Waals surface area (Å²) in [5.74, 6) is 1.17. The van der Waals surface area contributed by atoms with Crippen LogP contribution in [0.3, 0.4) is 0 Å². The molecule has 108 valence electrons. The molecule has 0 aromatic heterocycles. The van der Waals surface area contributed by atoms with Crippen molar-refractivity contribution in [1.29, 1.82) is 0 Å². The molecule has 1 aromatic rings. The third-order valence-electron chi connectivity index (χ3n) is 3.33. The molecule has 0 spiro atoms. The zero-order valence-corrected chi connectivity index (χ0v) is 12.9. The van der Waals surface area contributed by atoms with Crippen LogP contribution in [-0.2, 0) is 4.74 Å². The van der Waals surface area contributed by atoms with Gasteiger partial charge in [0.25, 0.3) is 0 Å². The first-order valence-electron chi connectivity index (χ1n) is 7.49. The smallest absolute Gasteiger partial charge is 0.0488 e. The van der Waals surface area contributed by atoms with E-state index in [4.69, 9.17) is 4.74 Å². The Labute approximate surface area is 118 Å². The van der Waals surface area contributed by atoms with E-state index in [1.165, 1.54) is 11.1 Å². The molecule has 0 fully saturated rings. The molecule has 1 rings (SSSR count). The Balaban J connectivity index is 2.54. The number of ether oxygens (including phenoxy) is 1. The quantitative estimate of drug-likeness (QED) is 0.685. The van der Waals surface area contributed by atoms with E-state index in [0.29, 0.717) is 11.8 Å². The monoisotopic (exact) mass is 263 g/mol. The maximum atomic E-state index is 5.74. The first-order valence-corrected chi connectivity index (χ1v) is 7.49. The summed E-state index contributed by atoms with van der Waals surface area (Å²) < 4.78 is 5.74. The third-order valence-corrected chi connectivity index (χ3v) is 3.33. The van der Waals surface area contributed by atoms with Gasteiger partial charge in [0.05, 0.1) is 0 Å². The molecule has 2 heteroatoms. The molecule has 1 unspecified atom stereocenters. The number of hydrogen-bond donors (Lipinski definition) is 1. The number of likely N-dealkylation sites (N-methyl/N-ethyl adjacent to an activating group) is 1. The second-order valence-corrected chi connectivity index (χ2v) is 5.62. The Hall–Kier alpha value is -0.860. The van der Waals surface area contributed by atoms with Crippen molar-refractivity contribution < 1.29 is 4.74 Å². The van der Waals surface area contributed by atoms with Gasteiger partial charge in [-0.1, -0.05) is 45.0 Å². The molecule has 19 heavy (non-hydrogen) atoms. The van der Waals surface area contributed by atoms with E-state index in [0.717, 1.165) is 32.7 Å². The number of nitrogens with one attached hydrogen (secondary N) is 1. The van der Waals surface area contributed by atoms with Gasteiger partial charge in [0, 0.05) is 19.8 Å². The van der Waals surface area contributed by atoms with Gasteiger partial charge in [-0.15, -0.1) is 0 Å². The molecule has 0 aliphatic rings. The molecule has 0 aliphatic heterocycles. The number of hydrogen-bond acceptors (Lipinski definition) is 2. The van der Waals surface area contributed by atoms with Crippen molar-refractivity contribution >= 4 is 0 Å². The van der Waals surface area contributed by atoms with E-state index in [9.17, 15) is 0 Å². The van der Waals surface area contributed by atoms with E-state index in [1.54, 1.807) is 0 Å². The minimum atomic E-state index is 0.549. The van der Waals surface area contributed by atoms with E-state index in [2.05, 4.69) is 57.3 Å². The van der Waals surface area contributed by atoms with E-state index in [-0.39, 0.29) is 0 Å². The molecule has 0 aliphatic carbocycles. The van der Waals surface area contributed by atoms with Gasteiger partial charge < -0.3 is 10.1 Å². The van der Waals surface area contributed by atoms with E-state index >= 15 is 0 Å². The fraction of sp³-hybridized carbons (Fsp3) is 0.647. The summed E-state index contributed by atoms with van der Waals surface area (Å²) in [5.41, 5.74) is 2.84. The molecule has 0 saturated carbocycles. The van der Waals surface area contributed by atoms with Gasteiger partial charge in [-0.25, -0.2) is 0 Å². The van der Waals surface area contributed by atoms with Crippen molar-refractivity contribution in [1.82, 2.24) is 5.32 Å². The minimum Gasteiger partial charge on any atom is -0.381 e. The lowest BCUT2D eigenvalue weighted by molar-refractivity contribution is 0.103. The SMILES string of the molecule is CCNCC(CCOCC(C)C)c1ccccc1C. The largest absolute Gasteiger partial charge is 0.381 e. The highest BCUT2D eigenvalue weighted by Crippen LogP contribution is 2.22. The van der Waals surface area contributed by atoms with Crippen molar-refractivity contribution in [3.8, 4) is 0 Å². The molecule has 1 atom stereocenters. The van der Waals surface area contributed by atoms with Gasteiger partial charge in [-0.05, 0) is 42.9 Å². The lowest BCUT2D eigenvalue weighted by atomic mass is 9.92. The summed E-state index contributed by atoms with van der Waals surface area (Å²) in [4.78, 5) is 0. The molecule has 0 radical (unpaired) electrons. The predicted octanol–water partition coefficient (Wildman–Crippen LogP) is 3.75. The maximum absolute atomic E-state index is 5.74. The van der Waals surface area contributed by atoms with Crippen molar-refractivity contribution in [2.24, 2.45) is 5.92 Å². The number of rotatable bonds is 9. The number of aryl methyl sites for hydroxylation is 1. The Morgan fingerprint density at radius 3 is 2.58 bits per heavy atom. The van der Waals surface area contributed by atoms with Gasteiger partial charge in [0.1, 0.15) is 0 Å². The predicted molar refractivity (Wildman–Crippen MR) is 82.7 cm³/mol. The first kappa shape index (κ1) is 16.2. The lowest BCUT2D eigenvalue weighted by Crippen LogP contribution is -2.23. The van der Waals surface area contributed by atoms with Crippen LogP contribution in [0.25, 0.3) is 0 Å². The van der Waals surface area contributed by atoms with Gasteiger partial charge >= 0.3 is 0 Å². The minimum absolute atomic E-state index is 0.549. The van der Waals surface area contributed by atoms with Crippen LogP contribution < -0.4 is 5.32 Å². The van der Waals surface area contributed by atoms with Crippen LogP contribution in [0.2, 0.25) is 0 Å². The van der Waals surface area contributed by atoms with Crippen molar-refractivity contribution in [2.45, 2.75) is 40.0 Å². The molecule has 1 aromatic carbocycles. The molecule has 2 nitrogen and oxygen atoms in total. The van der Waals surface area contributed by atoms with Gasteiger partial charge in [0.2, 0.25) is 0 Å². The summed E-state index contributed by atoms with van der Waals surface area (Å²) in [6.07, 6.45) is 1.09. The fourth-order valence-electron chi connectivity index (χ4n) is 2.28. The highest BCUT2D eigenvalue weighted by atomic mass is 16.5. The summed E-state index contributed by atoms with van der Waals surface area (Å²) in [6, 6.07) is 8.69. The van der Waals surface area contributed by atoms with Crippen LogP contribution in [0.1, 0.15) is 44.2 Å². The van der Waals surface area contributed by atoms with Gasteiger partial charge in [0.15, 0.2) is 0 Å². The van der Waals surface area contributed by atoms with Crippen LogP contribution in [-0.4, -0.2) is 26.3 Å². The fourth-order valence-corrected chi connectivity index (χ4v) is 2.28. The molecular weight excluding hydrogens is 234 g/mol. The first-order chi connectivity index (χ1) is 9.15. The Kier molecular flexibility index (Phi) is 7.76. The second kappa shape index (κ2) is 9.11. The zero-order valence-electron chi connectivity index (χ0n) is 12.9. The Morgan fingerprint density at radius 1 is 1.21 bits per heavy atom. The van der Waals surface area contributed by atoms with Crippen LogP contribution in [0.15, 0.2) is 24.3 Å². The van der Waals surface area contributed by atoms with Crippen LogP contribution in [0.5, 0.6) is 0 Å². The molecular formula is C17H29NO.